The lowest BCUT2D eigenvalue weighted by Gasteiger charge is -2.31. The van der Waals surface area contributed by atoms with Gasteiger partial charge in [-0.2, -0.15) is 0 Å². The standard InChI is InChI=1S/C8H17NO/c1-6(2)7(3)9-8-4-10-5-8/h6-9H,4-5H2,1-3H3/t7-/m0/s1. The van der Waals surface area contributed by atoms with Crippen LogP contribution in [-0.4, -0.2) is 25.3 Å². The Bertz CT molecular complexity index is 99.4. The minimum atomic E-state index is 0.619. The van der Waals surface area contributed by atoms with Gasteiger partial charge >= 0.3 is 0 Å². The van der Waals surface area contributed by atoms with E-state index in [-0.39, 0.29) is 0 Å². The molecule has 0 aromatic heterocycles. The summed E-state index contributed by atoms with van der Waals surface area (Å²) in [6.45, 7) is 8.49. The van der Waals surface area contributed by atoms with Crippen LogP contribution in [0.15, 0.2) is 0 Å². The fourth-order valence-corrected chi connectivity index (χ4v) is 0.896. The second kappa shape index (κ2) is 3.35. The van der Waals surface area contributed by atoms with Crippen molar-refractivity contribution in [2.75, 3.05) is 13.2 Å². The van der Waals surface area contributed by atoms with E-state index in [4.69, 9.17) is 4.74 Å². The van der Waals surface area contributed by atoms with E-state index < -0.39 is 0 Å². The normalized spacial score (nSPS) is 22.8. The van der Waals surface area contributed by atoms with Gasteiger partial charge in [-0.1, -0.05) is 13.8 Å². The minimum absolute atomic E-state index is 0.619. The van der Waals surface area contributed by atoms with Gasteiger partial charge in [-0.15, -0.1) is 0 Å². The van der Waals surface area contributed by atoms with Crippen LogP contribution in [0.4, 0.5) is 0 Å². The zero-order valence-corrected chi connectivity index (χ0v) is 7.05. The summed E-state index contributed by atoms with van der Waals surface area (Å²) >= 11 is 0. The molecule has 2 nitrogen and oxygen atoms in total. The molecule has 0 amide bonds. The lowest BCUT2D eigenvalue weighted by Crippen LogP contribution is -2.50. The van der Waals surface area contributed by atoms with Crippen LogP contribution < -0.4 is 5.32 Å². The summed E-state index contributed by atoms with van der Waals surface area (Å²) in [5.74, 6) is 0.723. The highest BCUT2D eigenvalue weighted by atomic mass is 16.5. The SMILES string of the molecule is CC(C)[C@H](C)NC1COC1. The fraction of sp³-hybridized carbons (Fsp3) is 1.00. The van der Waals surface area contributed by atoms with E-state index in [0.717, 1.165) is 19.1 Å². The molecule has 2 heteroatoms. The molecular weight excluding hydrogens is 126 g/mol. The van der Waals surface area contributed by atoms with Crippen LogP contribution in [0.1, 0.15) is 20.8 Å². The Labute approximate surface area is 63.0 Å². The summed E-state index contributed by atoms with van der Waals surface area (Å²) in [7, 11) is 0. The van der Waals surface area contributed by atoms with Gasteiger partial charge in [-0.3, -0.25) is 0 Å². The van der Waals surface area contributed by atoms with Crippen molar-refractivity contribution in [3.63, 3.8) is 0 Å². The van der Waals surface area contributed by atoms with Gasteiger partial charge in [0.15, 0.2) is 0 Å². The van der Waals surface area contributed by atoms with Gasteiger partial charge < -0.3 is 10.1 Å². The summed E-state index contributed by atoms with van der Waals surface area (Å²) in [5.41, 5.74) is 0. The van der Waals surface area contributed by atoms with Gasteiger partial charge in [0, 0.05) is 6.04 Å². The van der Waals surface area contributed by atoms with Gasteiger partial charge in [0.25, 0.3) is 0 Å². The highest BCUT2D eigenvalue weighted by Gasteiger charge is 2.20. The molecule has 0 spiro atoms. The Morgan fingerprint density at radius 3 is 2.20 bits per heavy atom. The largest absolute Gasteiger partial charge is 0.378 e. The first kappa shape index (κ1) is 8.02. The third kappa shape index (κ3) is 1.96. The summed E-state index contributed by atoms with van der Waals surface area (Å²) in [4.78, 5) is 0. The van der Waals surface area contributed by atoms with Crippen LogP contribution >= 0.6 is 0 Å². The van der Waals surface area contributed by atoms with Crippen molar-refractivity contribution in [2.45, 2.75) is 32.9 Å². The molecule has 10 heavy (non-hydrogen) atoms. The van der Waals surface area contributed by atoms with Gasteiger partial charge in [-0.05, 0) is 12.8 Å². The molecule has 0 radical (unpaired) electrons. The maximum Gasteiger partial charge on any atom is 0.0643 e. The van der Waals surface area contributed by atoms with Crippen LogP contribution in [0.2, 0.25) is 0 Å². The smallest absolute Gasteiger partial charge is 0.0643 e. The molecule has 0 bridgehead atoms. The number of hydrogen-bond donors (Lipinski definition) is 1. The average Bonchev–Trinajstić information content (AvgIpc) is 1.77. The van der Waals surface area contributed by atoms with E-state index in [1.54, 1.807) is 0 Å². The van der Waals surface area contributed by atoms with Gasteiger partial charge in [-0.25, -0.2) is 0 Å². The fourth-order valence-electron chi connectivity index (χ4n) is 0.896. The van der Waals surface area contributed by atoms with Crippen molar-refractivity contribution in [3.8, 4) is 0 Å². The Hall–Kier alpha value is -0.0800. The van der Waals surface area contributed by atoms with Crippen LogP contribution in [0.5, 0.6) is 0 Å². The predicted octanol–water partition coefficient (Wildman–Crippen LogP) is 1.02. The highest BCUT2D eigenvalue weighted by Crippen LogP contribution is 2.05. The van der Waals surface area contributed by atoms with Gasteiger partial charge in [0.1, 0.15) is 0 Å². The molecule has 1 N–H and O–H groups in total. The first-order valence-corrected chi connectivity index (χ1v) is 4.04. The van der Waals surface area contributed by atoms with Crippen LogP contribution in [0.25, 0.3) is 0 Å². The van der Waals surface area contributed by atoms with Gasteiger partial charge in [0.05, 0.1) is 19.3 Å². The Morgan fingerprint density at radius 2 is 1.90 bits per heavy atom. The molecule has 0 unspecified atom stereocenters. The van der Waals surface area contributed by atoms with Crippen molar-refractivity contribution >= 4 is 0 Å². The van der Waals surface area contributed by atoms with Crippen molar-refractivity contribution < 1.29 is 4.74 Å². The Morgan fingerprint density at radius 1 is 1.30 bits per heavy atom. The van der Waals surface area contributed by atoms with E-state index in [0.29, 0.717) is 12.1 Å². The molecule has 0 saturated carbocycles. The second-order valence-electron chi connectivity index (χ2n) is 3.43. The summed E-state index contributed by atoms with van der Waals surface area (Å²) in [6, 6.07) is 1.24. The molecule has 1 fully saturated rings. The molecule has 0 aliphatic carbocycles. The topological polar surface area (TPSA) is 21.3 Å². The zero-order valence-electron chi connectivity index (χ0n) is 7.05. The highest BCUT2D eigenvalue weighted by molar-refractivity contribution is 4.77. The number of hydrogen-bond acceptors (Lipinski definition) is 2. The van der Waals surface area contributed by atoms with Crippen LogP contribution in [0, 0.1) is 5.92 Å². The Kier molecular flexibility index (Phi) is 2.69. The maximum absolute atomic E-state index is 5.05. The number of rotatable bonds is 3. The minimum Gasteiger partial charge on any atom is -0.378 e. The number of ether oxygens (including phenoxy) is 1. The maximum atomic E-state index is 5.05. The molecule has 1 saturated heterocycles. The number of nitrogens with one attached hydrogen (secondary N) is 1. The van der Waals surface area contributed by atoms with Crippen molar-refractivity contribution in [1.82, 2.24) is 5.32 Å². The van der Waals surface area contributed by atoms with E-state index in [2.05, 4.69) is 26.1 Å². The molecule has 60 valence electrons. The predicted molar refractivity (Wildman–Crippen MR) is 42.0 cm³/mol. The molecule has 1 heterocycles. The first-order chi connectivity index (χ1) is 4.70. The molecule has 0 aromatic carbocycles. The van der Waals surface area contributed by atoms with Gasteiger partial charge in [0.2, 0.25) is 0 Å². The van der Waals surface area contributed by atoms with Crippen LogP contribution in [-0.2, 0) is 4.74 Å². The summed E-state index contributed by atoms with van der Waals surface area (Å²) in [6.07, 6.45) is 0. The van der Waals surface area contributed by atoms with E-state index >= 15 is 0 Å². The molecule has 1 atom stereocenters. The lowest BCUT2D eigenvalue weighted by atomic mass is 10.1. The third-order valence-corrected chi connectivity index (χ3v) is 2.14. The zero-order chi connectivity index (χ0) is 7.56. The Balaban J connectivity index is 2.10. The third-order valence-electron chi connectivity index (χ3n) is 2.14. The lowest BCUT2D eigenvalue weighted by molar-refractivity contribution is -0.0113. The molecular formula is C8H17NO. The second-order valence-corrected chi connectivity index (χ2v) is 3.43. The molecule has 1 aliphatic rings. The van der Waals surface area contributed by atoms with E-state index in [9.17, 15) is 0 Å². The van der Waals surface area contributed by atoms with Crippen LogP contribution in [0.3, 0.4) is 0 Å². The van der Waals surface area contributed by atoms with Crippen molar-refractivity contribution in [1.29, 1.82) is 0 Å². The van der Waals surface area contributed by atoms with E-state index in [1.807, 2.05) is 0 Å². The van der Waals surface area contributed by atoms with E-state index in [1.165, 1.54) is 0 Å². The monoisotopic (exact) mass is 143 g/mol. The molecule has 1 aliphatic heterocycles. The molecule has 1 rings (SSSR count). The summed E-state index contributed by atoms with van der Waals surface area (Å²) < 4.78 is 5.05. The molecule has 0 aromatic rings. The first-order valence-electron chi connectivity index (χ1n) is 4.04. The van der Waals surface area contributed by atoms with Crippen molar-refractivity contribution in [3.05, 3.63) is 0 Å². The van der Waals surface area contributed by atoms with Crippen molar-refractivity contribution in [2.24, 2.45) is 5.92 Å². The quantitative estimate of drug-likeness (QED) is 0.637. The average molecular weight is 143 g/mol. The summed E-state index contributed by atoms with van der Waals surface area (Å²) in [5, 5.41) is 3.49.